The minimum absolute atomic E-state index is 0.395. The van der Waals surface area contributed by atoms with Crippen molar-refractivity contribution < 1.29 is 0 Å². The van der Waals surface area contributed by atoms with Crippen LogP contribution < -0.4 is 0 Å². The van der Waals surface area contributed by atoms with Crippen molar-refractivity contribution >= 4 is 8.80 Å². The summed E-state index contributed by atoms with van der Waals surface area (Å²) < 4.78 is 0. The third-order valence-corrected chi connectivity index (χ3v) is 9.87. The Kier molecular flexibility index (Phi) is 5.24. The summed E-state index contributed by atoms with van der Waals surface area (Å²) in [5.74, 6) is 0.728. The molecule has 0 bridgehead atoms. The Morgan fingerprint density at radius 1 is 1.08 bits per heavy atom. The van der Waals surface area contributed by atoms with Gasteiger partial charge in [-0.05, 0) is 65.1 Å². The van der Waals surface area contributed by atoms with E-state index in [9.17, 15) is 0 Å². The normalized spacial score (nSPS) is 20.9. The molecule has 127 valence electrons. The Hall–Kier alpha value is -1.41. The van der Waals surface area contributed by atoms with Crippen LogP contribution in [0.25, 0.3) is 0 Å². The Morgan fingerprint density at radius 3 is 2.50 bits per heavy atom. The lowest BCUT2D eigenvalue weighted by Gasteiger charge is -2.43. The molecule has 1 aliphatic rings. The van der Waals surface area contributed by atoms with E-state index < -0.39 is 8.80 Å². The average Bonchev–Trinajstić information content (AvgIpc) is 2.58. The predicted molar refractivity (Wildman–Crippen MR) is 105 cm³/mol. The van der Waals surface area contributed by atoms with Crippen molar-refractivity contribution in [3.8, 4) is 0 Å². The second-order valence-electron chi connectivity index (χ2n) is 8.13. The van der Waals surface area contributed by atoms with E-state index in [1.807, 2.05) is 12.3 Å². The summed E-state index contributed by atoms with van der Waals surface area (Å²) in [6.45, 7) is 9.75. The molecular formula is C22H30NSi. The van der Waals surface area contributed by atoms with Gasteiger partial charge in [-0.3, -0.25) is 4.98 Å². The lowest BCUT2D eigenvalue weighted by atomic mass is 9.81. The summed E-state index contributed by atoms with van der Waals surface area (Å²) >= 11 is 0. The maximum absolute atomic E-state index is 4.65. The first-order chi connectivity index (χ1) is 11.5. The van der Waals surface area contributed by atoms with Crippen LogP contribution in [-0.2, 0) is 12.5 Å². The van der Waals surface area contributed by atoms with Gasteiger partial charge < -0.3 is 0 Å². The van der Waals surface area contributed by atoms with Gasteiger partial charge in [0.1, 0.15) is 0 Å². The van der Waals surface area contributed by atoms with Gasteiger partial charge in [-0.25, -0.2) is 0 Å². The topological polar surface area (TPSA) is 12.9 Å². The highest BCUT2D eigenvalue weighted by molar-refractivity contribution is 6.63. The molecule has 1 aliphatic carbocycles. The number of nitrogens with zero attached hydrogens (tertiary/aromatic N) is 1. The largest absolute Gasteiger partial charge is 0.262 e. The Morgan fingerprint density at radius 2 is 1.83 bits per heavy atom. The summed E-state index contributed by atoms with van der Waals surface area (Å²) in [7, 11) is -0.578. The van der Waals surface area contributed by atoms with E-state index in [0.29, 0.717) is 5.04 Å². The number of aryl methyl sites for hydroxylation is 1. The van der Waals surface area contributed by atoms with Crippen molar-refractivity contribution in [3.63, 3.8) is 0 Å². The number of aromatic nitrogens is 1. The molecule has 0 amide bonds. The number of pyridine rings is 1. The highest BCUT2D eigenvalue weighted by Crippen LogP contribution is 2.49. The molecule has 1 radical (unpaired) electrons. The van der Waals surface area contributed by atoms with E-state index in [4.69, 9.17) is 0 Å². The first kappa shape index (κ1) is 17.4. The van der Waals surface area contributed by atoms with Gasteiger partial charge in [0, 0.05) is 11.9 Å². The van der Waals surface area contributed by atoms with Crippen LogP contribution in [0.2, 0.25) is 10.6 Å². The fourth-order valence-corrected chi connectivity index (χ4v) is 8.32. The van der Waals surface area contributed by atoms with Gasteiger partial charge in [0.15, 0.2) is 0 Å². The second-order valence-corrected chi connectivity index (χ2v) is 11.8. The lowest BCUT2D eigenvalue weighted by molar-refractivity contribution is 0.510. The van der Waals surface area contributed by atoms with E-state index in [-0.39, 0.29) is 0 Å². The number of rotatable bonds is 4. The minimum atomic E-state index is -0.578. The minimum Gasteiger partial charge on any atom is -0.262 e. The molecule has 1 aromatic carbocycles. The molecule has 0 N–H and O–H groups in total. The number of benzene rings is 1. The SMILES string of the molecule is CC[C@@H]1c2ccccc2CC[C@H]1[Si](Cc1ccccn1)C(C)(C)C. The van der Waals surface area contributed by atoms with Crippen LogP contribution in [0.5, 0.6) is 0 Å². The fourth-order valence-electron chi connectivity index (χ4n) is 4.42. The van der Waals surface area contributed by atoms with Crippen LogP contribution in [0.4, 0.5) is 0 Å². The lowest BCUT2D eigenvalue weighted by Crippen LogP contribution is -2.39. The van der Waals surface area contributed by atoms with Crippen LogP contribution in [0.15, 0.2) is 48.7 Å². The first-order valence-corrected chi connectivity index (χ1v) is 11.1. The molecule has 24 heavy (non-hydrogen) atoms. The van der Waals surface area contributed by atoms with Crippen LogP contribution in [0, 0.1) is 0 Å². The van der Waals surface area contributed by atoms with Gasteiger partial charge >= 0.3 is 0 Å². The van der Waals surface area contributed by atoms with E-state index in [1.165, 1.54) is 31.0 Å². The zero-order valence-corrected chi connectivity index (χ0v) is 16.5. The molecule has 2 heteroatoms. The molecule has 0 aliphatic heterocycles. The molecule has 0 saturated heterocycles. The van der Waals surface area contributed by atoms with Gasteiger partial charge in [-0.1, -0.05) is 58.0 Å². The van der Waals surface area contributed by atoms with Crippen molar-refractivity contribution in [3.05, 3.63) is 65.5 Å². The summed E-state index contributed by atoms with van der Waals surface area (Å²) in [5, 5.41) is 0.395. The molecule has 1 heterocycles. The van der Waals surface area contributed by atoms with Crippen molar-refractivity contribution in [2.24, 2.45) is 0 Å². The maximum Gasteiger partial charge on any atom is 0.0641 e. The van der Waals surface area contributed by atoms with E-state index in [0.717, 1.165) is 11.5 Å². The molecule has 1 nitrogen and oxygen atoms in total. The van der Waals surface area contributed by atoms with Crippen LogP contribution in [0.3, 0.4) is 0 Å². The molecule has 1 aromatic heterocycles. The van der Waals surface area contributed by atoms with E-state index >= 15 is 0 Å². The summed E-state index contributed by atoms with van der Waals surface area (Å²) in [6.07, 6.45) is 5.82. The smallest absolute Gasteiger partial charge is 0.0641 e. The second kappa shape index (κ2) is 7.22. The number of hydrogen-bond acceptors (Lipinski definition) is 1. The van der Waals surface area contributed by atoms with Crippen molar-refractivity contribution in [2.45, 2.75) is 69.5 Å². The van der Waals surface area contributed by atoms with Crippen LogP contribution in [0.1, 0.15) is 63.3 Å². The standard InChI is InChI=1S/C22H30NSi/c1-5-19-20-12-7-6-10-17(20)13-14-21(19)24(22(2,3)4)16-18-11-8-9-15-23-18/h6-12,15,19,21H,5,13-14,16H2,1-4H3/t19-,21-/m1/s1. The Bertz CT molecular complexity index is 659. The van der Waals surface area contributed by atoms with Crippen LogP contribution in [-0.4, -0.2) is 13.8 Å². The molecule has 0 saturated carbocycles. The third kappa shape index (κ3) is 3.64. The Labute approximate surface area is 149 Å². The van der Waals surface area contributed by atoms with Crippen LogP contribution >= 0.6 is 0 Å². The predicted octanol–water partition coefficient (Wildman–Crippen LogP) is 5.97. The maximum atomic E-state index is 4.65. The highest BCUT2D eigenvalue weighted by atomic mass is 28.3. The van der Waals surface area contributed by atoms with Gasteiger partial charge in [0.05, 0.1) is 8.80 Å². The van der Waals surface area contributed by atoms with Gasteiger partial charge in [-0.15, -0.1) is 0 Å². The van der Waals surface area contributed by atoms with Crippen molar-refractivity contribution in [2.75, 3.05) is 0 Å². The summed E-state index contributed by atoms with van der Waals surface area (Å²) in [6, 6.07) is 16.7. The molecule has 0 unspecified atom stereocenters. The monoisotopic (exact) mass is 336 g/mol. The molecule has 3 rings (SSSR count). The number of fused-ring (bicyclic) bond motifs is 1. The molecule has 0 fully saturated rings. The average molecular weight is 337 g/mol. The summed E-state index contributed by atoms with van der Waals surface area (Å²) in [5.41, 5.74) is 5.35. The zero-order valence-electron chi connectivity index (χ0n) is 15.5. The zero-order chi connectivity index (χ0) is 17.2. The first-order valence-electron chi connectivity index (χ1n) is 9.34. The van der Waals surface area contributed by atoms with E-state index in [2.05, 4.69) is 69.1 Å². The van der Waals surface area contributed by atoms with Crippen molar-refractivity contribution in [1.82, 2.24) is 4.98 Å². The van der Waals surface area contributed by atoms with Crippen molar-refractivity contribution in [1.29, 1.82) is 0 Å². The van der Waals surface area contributed by atoms with E-state index in [1.54, 1.807) is 11.1 Å². The summed E-state index contributed by atoms with van der Waals surface area (Å²) in [4.78, 5) is 4.65. The third-order valence-electron chi connectivity index (χ3n) is 5.61. The molecule has 2 aromatic rings. The van der Waals surface area contributed by atoms with Gasteiger partial charge in [0.25, 0.3) is 0 Å². The molecule has 0 spiro atoms. The van der Waals surface area contributed by atoms with Gasteiger partial charge in [-0.2, -0.15) is 0 Å². The molecular weight excluding hydrogens is 306 g/mol. The highest BCUT2D eigenvalue weighted by Gasteiger charge is 2.40. The Balaban J connectivity index is 1.93. The quantitative estimate of drug-likeness (QED) is 0.627. The van der Waals surface area contributed by atoms with Gasteiger partial charge in [0.2, 0.25) is 0 Å². The molecule has 2 atom stereocenters. The fraction of sp³-hybridized carbons (Fsp3) is 0.500. The number of hydrogen-bond donors (Lipinski definition) is 0.